The lowest BCUT2D eigenvalue weighted by atomic mass is 9.79. The molecule has 1 rings (SSSR count). The molecule has 164 valence electrons. The summed E-state index contributed by atoms with van der Waals surface area (Å²) in [4.78, 5) is 15.4. The van der Waals surface area contributed by atoms with Crippen molar-refractivity contribution in [1.29, 1.82) is 0 Å². The molecule has 1 amide bonds. The third-order valence-electron chi connectivity index (χ3n) is 5.85. The minimum absolute atomic E-state index is 0.0477. The van der Waals surface area contributed by atoms with Gasteiger partial charge in [0, 0.05) is 29.1 Å². The van der Waals surface area contributed by atoms with E-state index in [1.54, 1.807) is 12.1 Å². The van der Waals surface area contributed by atoms with Crippen molar-refractivity contribution in [3.8, 4) is 0 Å². The first-order valence-electron chi connectivity index (χ1n) is 11.3. The molecule has 6 heteroatoms. The monoisotopic (exact) mass is 423 g/mol. The Hall–Kier alpha value is -1.04. The highest BCUT2D eigenvalue weighted by molar-refractivity contribution is 6.62. The zero-order chi connectivity index (χ0) is 21.8. The van der Waals surface area contributed by atoms with Crippen molar-refractivity contribution in [3.05, 3.63) is 28.8 Å². The fraction of sp³-hybridized carbons (Fsp3) is 0.696. The van der Waals surface area contributed by atoms with Crippen LogP contribution < -0.4 is 5.46 Å². The summed E-state index contributed by atoms with van der Waals surface area (Å²) in [5, 5.41) is 19.4. The van der Waals surface area contributed by atoms with Crippen LogP contribution in [-0.2, 0) is 0 Å². The highest BCUT2D eigenvalue weighted by Crippen LogP contribution is 2.21. The maximum atomic E-state index is 13.4. The van der Waals surface area contributed by atoms with Gasteiger partial charge in [0.1, 0.15) is 0 Å². The smallest absolute Gasteiger partial charge is 0.423 e. The summed E-state index contributed by atoms with van der Waals surface area (Å²) in [5.41, 5.74) is 0.640. The molecule has 0 saturated carbocycles. The van der Waals surface area contributed by atoms with E-state index in [4.69, 9.17) is 11.6 Å². The van der Waals surface area contributed by atoms with E-state index in [9.17, 15) is 14.8 Å². The molecule has 0 aliphatic carbocycles. The van der Waals surface area contributed by atoms with Crippen LogP contribution in [0, 0.1) is 11.8 Å². The number of rotatable bonds is 14. The second kappa shape index (κ2) is 14.1. The summed E-state index contributed by atoms with van der Waals surface area (Å²) >= 11 is 6.06. The van der Waals surface area contributed by atoms with Gasteiger partial charge in [-0.1, -0.05) is 77.8 Å². The molecule has 0 radical (unpaired) electrons. The highest BCUT2D eigenvalue weighted by atomic mass is 35.5. The Morgan fingerprint density at radius 1 is 1.00 bits per heavy atom. The van der Waals surface area contributed by atoms with Crippen LogP contribution >= 0.6 is 11.6 Å². The summed E-state index contributed by atoms with van der Waals surface area (Å²) in [6, 6.07) is 4.77. The number of hydrogen-bond acceptors (Lipinski definition) is 3. The van der Waals surface area contributed by atoms with Crippen LogP contribution in [0.4, 0.5) is 0 Å². The summed E-state index contributed by atoms with van der Waals surface area (Å²) in [6.07, 6.45) is 9.03. The van der Waals surface area contributed by atoms with Gasteiger partial charge >= 0.3 is 7.12 Å². The van der Waals surface area contributed by atoms with Crippen molar-refractivity contribution in [3.63, 3.8) is 0 Å². The van der Waals surface area contributed by atoms with E-state index in [1.807, 2.05) is 4.90 Å². The van der Waals surface area contributed by atoms with E-state index in [-0.39, 0.29) is 16.4 Å². The van der Waals surface area contributed by atoms with Gasteiger partial charge in [0.05, 0.1) is 0 Å². The molecule has 0 aliphatic heterocycles. The maximum absolute atomic E-state index is 13.4. The van der Waals surface area contributed by atoms with Crippen LogP contribution in [0.2, 0.25) is 5.02 Å². The summed E-state index contributed by atoms with van der Waals surface area (Å²) < 4.78 is 0. The van der Waals surface area contributed by atoms with Gasteiger partial charge in [-0.15, -0.1) is 0 Å². The minimum Gasteiger partial charge on any atom is -0.423 e. The lowest BCUT2D eigenvalue weighted by Crippen LogP contribution is -2.40. The van der Waals surface area contributed by atoms with Crippen LogP contribution in [0.25, 0.3) is 0 Å². The number of amides is 1. The zero-order valence-corrected chi connectivity index (χ0v) is 19.4. The van der Waals surface area contributed by atoms with Crippen LogP contribution in [-0.4, -0.2) is 41.1 Å². The second-order valence-corrected chi connectivity index (χ2v) is 8.56. The number of carbonyl (C=O) groups excluding carboxylic acids is 1. The van der Waals surface area contributed by atoms with Crippen LogP contribution in [0.5, 0.6) is 0 Å². The molecule has 0 unspecified atom stereocenters. The van der Waals surface area contributed by atoms with Gasteiger partial charge in [-0.25, -0.2) is 0 Å². The second-order valence-electron chi connectivity index (χ2n) is 8.15. The van der Waals surface area contributed by atoms with Crippen LogP contribution in [0.1, 0.15) is 89.4 Å². The van der Waals surface area contributed by atoms with Crippen LogP contribution in [0.3, 0.4) is 0 Å². The van der Waals surface area contributed by atoms with E-state index in [1.165, 1.54) is 18.9 Å². The Balaban J connectivity index is 3.10. The van der Waals surface area contributed by atoms with Gasteiger partial charge < -0.3 is 14.9 Å². The molecule has 0 heterocycles. The van der Waals surface area contributed by atoms with E-state index >= 15 is 0 Å². The fourth-order valence-electron chi connectivity index (χ4n) is 3.76. The molecule has 0 aromatic heterocycles. The Labute approximate surface area is 182 Å². The molecule has 4 nitrogen and oxygen atoms in total. The topological polar surface area (TPSA) is 60.8 Å². The summed E-state index contributed by atoms with van der Waals surface area (Å²) in [7, 11) is -1.69. The van der Waals surface area contributed by atoms with E-state index in [0.29, 0.717) is 17.4 Å². The number of halogens is 1. The summed E-state index contributed by atoms with van der Waals surface area (Å²) in [5.74, 6) is 0.920. The zero-order valence-electron chi connectivity index (χ0n) is 18.7. The van der Waals surface area contributed by atoms with E-state index in [2.05, 4.69) is 27.7 Å². The first-order valence-corrected chi connectivity index (χ1v) is 11.7. The molecule has 0 saturated heterocycles. The number of hydrogen-bond donors (Lipinski definition) is 2. The fourth-order valence-corrected chi connectivity index (χ4v) is 3.97. The third kappa shape index (κ3) is 8.69. The molecular weight excluding hydrogens is 385 g/mol. The van der Waals surface area contributed by atoms with Crippen molar-refractivity contribution in [2.45, 2.75) is 79.1 Å². The Morgan fingerprint density at radius 3 is 1.93 bits per heavy atom. The van der Waals surface area contributed by atoms with Crippen molar-refractivity contribution in [1.82, 2.24) is 4.90 Å². The lowest BCUT2D eigenvalue weighted by Gasteiger charge is -2.31. The molecule has 0 bridgehead atoms. The number of unbranched alkanes of at least 4 members (excludes halogenated alkanes) is 2. The first kappa shape index (κ1) is 26.0. The van der Waals surface area contributed by atoms with E-state index in [0.717, 1.165) is 51.6 Å². The maximum Gasteiger partial charge on any atom is 0.489 e. The van der Waals surface area contributed by atoms with Crippen molar-refractivity contribution < 1.29 is 14.8 Å². The van der Waals surface area contributed by atoms with Gasteiger partial charge in [-0.3, -0.25) is 4.79 Å². The largest absolute Gasteiger partial charge is 0.489 e. The van der Waals surface area contributed by atoms with Crippen molar-refractivity contribution >= 4 is 30.1 Å². The summed E-state index contributed by atoms with van der Waals surface area (Å²) in [6.45, 7) is 10.3. The first-order chi connectivity index (χ1) is 13.9. The van der Waals surface area contributed by atoms with Crippen molar-refractivity contribution in [2.24, 2.45) is 11.8 Å². The van der Waals surface area contributed by atoms with Gasteiger partial charge in [0.15, 0.2) is 0 Å². The number of benzene rings is 1. The molecule has 0 fully saturated rings. The third-order valence-corrected chi connectivity index (χ3v) is 6.20. The Morgan fingerprint density at radius 2 is 1.52 bits per heavy atom. The highest BCUT2D eigenvalue weighted by Gasteiger charge is 2.24. The Kier molecular flexibility index (Phi) is 12.6. The molecule has 0 spiro atoms. The van der Waals surface area contributed by atoms with E-state index < -0.39 is 7.12 Å². The van der Waals surface area contributed by atoms with Gasteiger partial charge in [-0.05, 0) is 42.9 Å². The van der Waals surface area contributed by atoms with Crippen molar-refractivity contribution in [2.75, 3.05) is 13.1 Å². The van der Waals surface area contributed by atoms with Gasteiger partial charge in [0.25, 0.3) is 5.91 Å². The standard InChI is InChI=1S/C23H39BClNO3/c1-5-9-11-18(7-3)16-26(17-19(8-4)12-10-6-2)23(27)20-13-14-22(25)21(15-20)24(28)29/h13-15,18-19,28-29H,5-12,16-17H2,1-4H3/t18-,19+. The molecule has 2 atom stereocenters. The molecule has 1 aromatic rings. The van der Waals surface area contributed by atoms with Crippen LogP contribution in [0.15, 0.2) is 18.2 Å². The molecule has 29 heavy (non-hydrogen) atoms. The average Bonchev–Trinajstić information content (AvgIpc) is 2.72. The normalized spacial score (nSPS) is 13.2. The lowest BCUT2D eigenvalue weighted by molar-refractivity contribution is 0.0685. The van der Waals surface area contributed by atoms with Gasteiger partial charge in [0.2, 0.25) is 0 Å². The minimum atomic E-state index is -1.69. The number of nitrogens with zero attached hydrogens (tertiary/aromatic N) is 1. The molecule has 0 aliphatic rings. The predicted octanol–water partition coefficient (Wildman–Crippen LogP) is 4.89. The molecular formula is C23H39BClNO3. The average molecular weight is 424 g/mol. The Bertz CT molecular complexity index is 594. The van der Waals surface area contributed by atoms with Gasteiger partial charge in [-0.2, -0.15) is 0 Å². The number of carbonyl (C=O) groups is 1. The SMILES string of the molecule is CCCC[C@@H](CC)CN(C[C@@H](CC)CCCC)C(=O)c1ccc(Cl)c(B(O)O)c1. The molecule has 1 aromatic carbocycles. The molecule has 2 N–H and O–H groups in total. The predicted molar refractivity (Wildman–Crippen MR) is 124 cm³/mol. The quantitative estimate of drug-likeness (QED) is 0.419.